The first kappa shape index (κ1) is 18.4. The number of carbonyl (C=O) groups is 2. The molecule has 0 aliphatic carbocycles. The Kier molecular flexibility index (Phi) is 4.96. The Balaban J connectivity index is 1.68. The van der Waals surface area contributed by atoms with Crippen molar-refractivity contribution in [3.63, 3.8) is 0 Å². The number of nitrogens with two attached hydrogens (primary N) is 1. The van der Waals surface area contributed by atoms with Crippen LogP contribution in [0.4, 0.5) is 4.39 Å². The molecule has 0 radical (unpaired) electrons. The molecule has 0 unspecified atom stereocenters. The highest BCUT2D eigenvalue weighted by Crippen LogP contribution is 2.31. The predicted molar refractivity (Wildman–Crippen MR) is 106 cm³/mol. The quantitative estimate of drug-likeness (QED) is 0.667. The number of amides is 1. The molecule has 0 bridgehead atoms. The Morgan fingerprint density at radius 1 is 1.14 bits per heavy atom. The van der Waals surface area contributed by atoms with Crippen molar-refractivity contribution in [3.8, 4) is 11.3 Å². The minimum absolute atomic E-state index is 0.0260. The lowest BCUT2D eigenvalue weighted by atomic mass is 9.96. The van der Waals surface area contributed by atoms with Gasteiger partial charge in [0.15, 0.2) is 5.78 Å². The molecule has 1 amide bonds. The van der Waals surface area contributed by atoms with Crippen molar-refractivity contribution in [1.29, 1.82) is 0 Å². The number of H-pyrrole nitrogens is 1. The Bertz CT molecular complexity index is 1030. The summed E-state index contributed by atoms with van der Waals surface area (Å²) in [5, 5.41) is 0.843. The molecule has 3 aromatic rings. The average molecular weight is 379 g/mol. The fourth-order valence-corrected chi connectivity index (χ4v) is 3.98. The van der Waals surface area contributed by atoms with Gasteiger partial charge in [0.25, 0.3) is 0 Å². The molecule has 0 saturated carbocycles. The minimum Gasteiger partial charge on any atom is -0.369 e. The van der Waals surface area contributed by atoms with Gasteiger partial charge in [0.05, 0.1) is 23.7 Å². The monoisotopic (exact) mass is 379 g/mol. The zero-order valence-corrected chi connectivity index (χ0v) is 15.5. The van der Waals surface area contributed by atoms with E-state index in [4.69, 9.17) is 5.73 Å². The summed E-state index contributed by atoms with van der Waals surface area (Å²) >= 11 is 0. The molecule has 28 heavy (non-hydrogen) atoms. The highest BCUT2D eigenvalue weighted by molar-refractivity contribution is 6.14. The number of piperidine rings is 1. The number of likely N-dealkylation sites (tertiary alicyclic amines) is 1. The average Bonchev–Trinajstić information content (AvgIpc) is 3.08. The lowest BCUT2D eigenvalue weighted by Crippen LogP contribution is -2.43. The van der Waals surface area contributed by atoms with E-state index in [0.29, 0.717) is 17.8 Å². The maximum atomic E-state index is 13.4. The molecule has 1 atom stereocenters. The summed E-state index contributed by atoms with van der Waals surface area (Å²) < 4.78 is 13.4. The number of aromatic amines is 1. The zero-order chi connectivity index (χ0) is 19.7. The third-order valence-electron chi connectivity index (χ3n) is 5.39. The number of halogens is 1. The van der Waals surface area contributed by atoms with Crippen molar-refractivity contribution >= 4 is 22.6 Å². The Morgan fingerprint density at radius 3 is 2.64 bits per heavy atom. The van der Waals surface area contributed by atoms with Crippen LogP contribution in [0.15, 0.2) is 48.5 Å². The number of hydrogen-bond acceptors (Lipinski definition) is 3. The van der Waals surface area contributed by atoms with Crippen molar-refractivity contribution in [1.82, 2.24) is 9.88 Å². The third kappa shape index (κ3) is 3.55. The van der Waals surface area contributed by atoms with E-state index in [1.54, 1.807) is 12.1 Å². The molecule has 144 valence electrons. The standard InChI is InChI=1S/C22H22FN3O2/c23-16-9-7-14(8-10-16)21-20(17-5-1-2-6-18(17)25-21)19(27)13-26-11-3-4-15(12-26)22(24)28/h1-2,5-10,15,25H,3-4,11-13H2,(H2,24,28)/t15-/m0/s1. The Labute approximate surface area is 162 Å². The maximum Gasteiger partial charge on any atom is 0.221 e. The summed E-state index contributed by atoms with van der Waals surface area (Å²) in [5.74, 6) is -0.863. The molecule has 1 aliphatic heterocycles. The van der Waals surface area contributed by atoms with E-state index >= 15 is 0 Å². The van der Waals surface area contributed by atoms with Gasteiger partial charge in [-0.1, -0.05) is 18.2 Å². The lowest BCUT2D eigenvalue weighted by Gasteiger charge is -2.30. The number of benzene rings is 2. The van der Waals surface area contributed by atoms with Crippen LogP contribution in [0.2, 0.25) is 0 Å². The van der Waals surface area contributed by atoms with Gasteiger partial charge in [0.1, 0.15) is 5.82 Å². The van der Waals surface area contributed by atoms with Crippen LogP contribution in [0.3, 0.4) is 0 Å². The van der Waals surface area contributed by atoms with E-state index in [2.05, 4.69) is 4.98 Å². The predicted octanol–water partition coefficient (Wildman–Crippen LogP) is 3.35. The maximum absolute atomic E-state index is 13.4. The van der Waals surface area contributed by atoms with Crippen molar-refractivity contribution in [2.24, 2.45) is 11.7 Å². The molecule has 5 nitrogen and oxygen atoms in total. The number of Topliss-reactive ketones (excluding diaryl/α,β-unsaturated/α-hetero) is 1. The Morgan fingerprint density at radius 2 is 1.89 bits per heavy atom. The number of rotatable bonds is 5. The van der Waals surface area contributed by atoms with E-state index in [0.717, 1.165) is 35.9 Å². The van der Waals surface area contributed by atoms with Crippen LogP contribution in [0, 0.1) is 11.7 Å². The van der Waals surface area contributed by atoms with E-state index < -0.39 is 0 Å². The van der Waals surface area contributed by atoms with Gasteiger partial charge >= 0.3 is 0 Å². The highest BCUT2D eigenvalue weighted by atomic mass is 19.1. The first-order valence-electron chi connectivity index (χ1n) is 9.44. The molecule has 6 heteroatoms. The van der Waals surface area contributed by atoms with Crippen LogP contribution in [-0.4, -0.2) is 41.2 Å². The van der Waals surface area contributed by atoms with Crippen molar-refractivity contribution < 1.29 is 14.0 Å². The van der Waals surface area contributed by atoms with Gasteiger partial charge in [0, 0.05) is 17.4 Å². The number of para-hydroxylation sites is 1. The van der Waals surface area contributed by atoms with Crippen molar-refractivity contribution in [2.45, 2.75) is 12.8 Å². The smallest absolute Gasteiger partial charge is 0.221 e. The molecular formula is C22H22FN3O2. The number of aromatic nitrogens is 1. The summed E-state index contributed by atoms with van der Waals surface area (Å²) in [4.78, 5) is 30.1. The van der Waals surface area contributed by atoms with Crippen LogP contribution in [0.1, 0.15) is 23.2 Å². The first-order valence-corrected chi connectivity index (χ1v) is 9.44. The number of ketones is 1. The number of hydrogen-bond donors (Lipinski definition) is 2. The molecule has 1 aromatic heterocycles. The van der Waals surface area contributed by atoms with Crippen LogP contribution >= 0.6 is 0 Å². The second-order valence-electron chi connectivity index (χ2n) is 7.33. The normalized spacial score (nSPS) is 17.7. The Hall–Kier alpha value is -2.99. The number of nitrogens with zero attached hydrogens (tertiary/aromatic N) is 1. The molecular weight excluding hydrogens is 357 g/mol. The van der Waals surface area contributed by atoms with Crippen LogP contribution in [0.25, 0.3) is 22.2 Å². The van der Waals surface area contributed by atoms with Crippen LogP contribution < -0.4 is 5.73 Å². The van der Waals surface area contributed by atoms with E-state index in [1.165, 1.54) is 12.1 Å². The van der Waals surface area contributed by atoms with Gasteiger partial charge in [-0.15, -0.1) is 0 Å². The molecule has 1 aliphatic rings. The van der Waals surface area contributed by atoms with Crippen LogP contribution in [-0.2, 0) is 4.79 Å². The van der Waals surface area contributed by atoms with Crippen molar-refractivity contribution in [3.05, 3.63) is 59.9 Å². The third-order valence-corrected chi connectivity index (χ3v) is 5.39. The first-order chi connectivity index (χ1) is 13.5. The summed E-state index contributed by atoms with van der Waals surface area (Å²) in [6.45, 7) is 1.50. The number of carbonyl (C=O) groups excluding carboxylic acids is 2. The number of primary amides is 1. The molecule has 2 heterocycles. The fourth-order valence-electron chi connectivity index (χ4n) is 3.98. The van der Waals surface area contributed by atoms with Crippen molar-refractivity contribution in [2.75, 3.05) is 19.6 Å². The van der Waals surface area contributed by atoms with E-state index in [1.807, 2.05) is 29.2 Å². The summed E-state index contributed by atoms with van der Waals surface area (Å²) in [6, 6.07) is 13.7. The largest absolute Gasteiger partial charge is 0.369 e. The SMILES string of the molecule is NC(=O)[C@H]1CCCN(CC(=O)c2c(-c3ccc(F)cc3)[nH]c3ccccc23)C1. The van der Waals surface area contributed by atoms with E-state index in [-0.39, 0.29) is 30.0 Å². The summed E-state index contributed by atoms with van der Waals surface area (Å²) in [5.41, 5.74) is 8.36. The van der Waals surface area contributed by atoms with Gasteiger partial charge < -0.3 is 10.7 Å². The minimum atomic E-state index is -0.321. The summed E-state index contributed by atoms with van der Waals surface area (Å²) in [6.07, 6.45) is 1.62. The highest BCUT2D eigenvalue weighted by Gasteiger charge is 2.27. The fraction of sp³-hybridized carbons (Fsp3) is 0.273. The van der Waals surface area contributed by atoms with Gasteiger partial charge in [-0.25, -0.2) is 4.39 Å². The zero-order valence-electron chi connectivity index (χ0n) is 15.5. The van der Waals surface area contributed by atoms with Gasteiger partial charge in [-0.3, -0.25) is 14.5 Å². The van der Waals surface area contributed by atoms with Gasteiger partial charge in [-0.2, -0.15) is 0 Å². The van der Waals surface area contributed by atoms with Crippen LogP contribution in [0.5, 0.6) is 0 Å². The second-order valence-corrected chi connectivity index (χ2v) is 7.33. The lowest BCUT2D eigenvalue weighted by molar-refractivity contribution is -0.123. The molecule has 1 saturated heterocycles. The molecule has 2 aromatic carbocycles. The molecule has 4 rings (SSSR count). The van der Waals surface area contributed by atoms with Gasteiger partial charge in [0.2, 0.25) is 5.91 Å². The number of nitrogens with one attached hydrogen (secondary N) is 1. The number of fused-ring (bicyclic) bond motifs is 1. The van der Waals surface area contributed by atoms with Gasteiger partial charge in [-0.05, 0) is 55.3 Å². The molecule has 1 fully saturated rings. The molecule has 0 spiro atoms. The second kappa shape index (κ2) is 7.56. The van der Waals surface area contributed by atoms with E-state index in [9.17, 15) is 14.0 Å². The topological polar surface area (TPSA) is 79.2 Å². The summed E-state index contributed by atoms with van der Waals surface area (Å²) in [7, 11) is 0. The molecule has 3 N–H and O–H groups in total.